The molecule has 0 aliphatic carbocycles. The lowest BCUT2D eigenvalue weighted by atomic mass is 9.98. The average Bonchev–Trinajstić information content (AvgIpc) is 4.13. The number of imidazole rings is 2. The highest BCUT2D eigenvalue weighted by Crippen LogP contribution is 2.36. The van der Waals surface area contributed by atoms with Gasteiger partial charge in [0.2, 0.25) is 5.91 Å². The molecule has 0 spiro atoms. The molecule has 14 nitrogen and oxygen atoms in total. The molecular formula is C45H48N8O6S. The van der Waals surface area contributed by atoms with Crippen molar-refractivity contribution >= 4 is 46.1 Å². The van der Waals surface area contributed by atoms with Crippen LogP contribution in [0.5, 0.6) is 0 Å². The summed E-state index contributed by atoms with van der Waals surface area (Å²) in [4.78, 5) is 71.5. The number of carbonyl (C=O) groups excluding carboxylic acids is 4. The number of aromatic nitrogens is 4. The van der Waals surface area contributed by atoms with E-state index in [9.17, 15) is 19.2 Å². The molecule has 15 heteroatoms. The molecule has 60 heavy (non-hydrogen) atoms. The number of H-pyrrole nitrogens is 2. The number of ether oxygens (including phenoxy) is 2. The van der Waals surface area contributed by atoms with Crippen molar-refractivity contribution in [3.63, 3.8) is 0 Å². The number of nitrogens with zero attached hydrogens (tertiary/aromatic N) is 4. The maximum absolute atomic E-state index is 13.8. The quantitative estimate of drug-likeness (QED) is 0.101. The summed E-state index contributed by atoms with van der Waals surface area (Å²) < 4.78 is 9.58. The standard InChI is InChI=1S/C45H48N8O6S/c1-26(2)38(50-44(56)58-3)42(54)52-18-5-7-36(52)41-47-24-35(49-41)32-16-15-30-21-29(13-14-31(30)22-32)27-9-11-28(12-10-27)34-23-46-40(48-34)37-8-6-19-53(37)43(55)39(51-45(57)59-4)33-17-20-60-25-33/h9-17,20-26,36-39H,5-8,18-19H2,1-4H3,(H,46,48)(H,47,49)(H,50,56)(H,51,57)/t36-,37-,38-,39?/m0/s1. The minimum atomic E-state index is -0.843. The van der Waals surface area contributed by atoms with Crippen LogP contribution in [-0.4, -0.2) is 87.1 Å². The van der Waals surface area contributed by atoms with E-state index in [2.05, 4.69) is 81.3 Å². The zero-order valence-electron chi connectivity index (χ0n) is 33.9. The highest BCUT2D eigenvalue weighted by atomic mass is 32.1. The number of thiophene rings is 1. The average molecular weight is 829 g/mol. The Balaban J connectivity index is 0.941. The van der Waals surface area contributed by atoms with E-state index >= 15 is 0 Å². The number of hydrogen-bond donors (Lipinski definition) is 4. The number of likely N-dealkylation sites (tertiary alicyclic amines) is 2. The van der Waals surface area contributed by atoms with Gasteiger partial charge in [-0.25, -0.2) is 19.6 Å². The van der Waals surface area contributed by atoms with E-state index in [1.807, 2.05) is 41.8 Å². The molecule has 2 fully saturated rings. The number of carbonyl (C=O) groups is 4. The molecule has 2 aliphatic heterocycles. The van der Waals surface area contributed by atoms with Gasteiger partial charge in [-0.3, -0.25) is 9.59 Å². The summed E-state index contributed by atoms with van der Waals surface area (Å²) in [6.45, 7) is 4.97. The number of fused-ring (bicyclic) bond motifs is 1. The third-order valence-corrected chi connectivity index (χ3v) is 12.2. The maximum Gasteiger partial charge on any atom is 0.407 e. The van der Waals surface area contributed by atoms with Gasteiger partial charge in [0.05, 0.1) is 50.1 Å². The summed E-state index contributed by atoms with van der Waals surface area (Å²) in [6.07, 6.45) is 5.56. The highest BCUT2D eigenvalue weighted by molar-refractivity contribution is 7.08. The van der Waals surface area contributed by atoms with E-state index in [0.717, 1.165) is 81.5 Å². The number of methoxy groups -OCH3 is 2. The van der Waals surface area contributed by atoms with Crippen LogP contribution in [0.15, 0.2) is 89.9 Å². The number of benzene rings is 3. The second-order valence-corrected chi connectivity index (χ2v) is 16.4. The SMILES string of the molecule is COC(=O)NC(C(=O)N1CCC[C@H]1c1ncc(-c2ccc(-c3ccc4cc(-c5cnc([C@@H]6CCCN6C(=O)[C@@H](NC(=O)OC)C(C)C)[nH]5)ccc4c3)cc2)[nH]1)c1ccsc1. The van der Waals surface area contributed by atoms with Gasteiger partial charge in [0, 0.05) is 18.7 Å². The molecule has 4 atom stereocenters. The van der Waals surface area contributed by atoms with E-state index in [1.54, 1.807) is 11.1 Å². The van der Waals surface area contributed by atoms with Crippen molar-refractivity contribution in [3.05, 3.63) is 107 Å². The van der Waals surface area contributed by atoms with Crippen molar-refractivity contribution < 1.29 is 28.7 Å². The summed E-state index contributed by atoms with van der Waals surface area (Å²) in [5, 5.41) is 11.3. The van der Waals surface area contributed by atoms with Crippen molar-refractivity contribution in [1.82, 2.24) is 40.4 Å². The molecule has 0 radical (unpaired) electrons. The molecule has 2 saturated heterocycles. The lowest BCUT2D eigenvalue weighted by Gasteiger charge is -2.30. The van der Waals surface area contributed by atoms with Gasteiger partial charge in [-0.1, -0.05) is 62.4 Å². The first-order valence-corrected chi connectivity index (χ1v) is 21.1. The number of hydrogen-bond acceptors (Lipinski definition) is 9. The lowest BCUT2D eigenvalue weighted by molar-refractivity contribution is -0.135. The molecule has 4 amide bonds. The Morgan fingerprint density at radius 2 is 1.23 bits per heavy atom. The third-order valence-electron chi connectivity index (χ3n) is 11.5. The Kier molecular flexibility index (Phi) is 11.7. The first kappa shape index (κ1) is 40.3. The van der Waals surface area contributed by atoms with Gasteiger partial charge >= 0.3 is 12.2 Å². The molecule has 3 aromatic heterocycles. The fourth-order valence-corrected chi connectivity index (χ4v) is 9.00. The molecule has 3 aromatic carbocycles. The number of alkyl carbamates (subject to hydrolysis) is 2. The van der Waals surface area contributed by atoms with Gasteiger partial charge in [0.1, 0.15) is 23.7 Å². The zero-order chi connectivity index (χ0) is 41.9. The Morgan fingerprint density at radius 3 is 1.82 bits per heavy atom. The van der Waals surface area contributed by atoms with Crippen LogP contribution in [0.25, 0.3) is 44.4 Å². The third kappa shape index (κ3) is 8.21. The Morgan fingerprint density at radius 1 is 0.700 bits per heavy atom. The van der Waals surface area contributed by atoms with Gasteiger partial charge in [-0.2, -0.15) is 11.3 Å². The van der Waals surface area contributed by atoms with Gasteiger partial charge in [0.15, 0.2) is 0 Å². The van der Waals surface area contributed by atoms with Gasteiger partial charge in [-0.15, -0.1) is 0 Å². The van der Waals surface area contributed by atoms with E-state index in [-0.39, 0.29) is 29.8 Å². The summed E-state index contributed by atoms with van der Waals surface area (Å²) in [5.74, 6) is 0.997. The number of rotatable bonds is 11. The van der Waals surface area contributed by atoms with E-state index in [0.29, 0.717) is 18.9 Å². The van der Waals surface area contributed by atoms with Crippen LogP contribution in [0, 0.1) is 5.92 Å². The van der Waals surface area contributed by atoms with Crippen molar-refractivity contribution in [2.24, 2.45) is 5.92 Å². The van der Waals surface area contributed by atoms with Crippen molar-refractivity contribution in [2.45, 2.75) is 63.7 Å². The van der Waals surface area contributed by atoms with Gasteiger partial charge < -0.3 is 39.9 Å². The Labute approximate surface area is 351 Å². The summed E-state index contributed by atoms with van der Waals surface area (Å²) >= 11 is 1.46. The van der Waals surface area contributed by atoms with Crippen LogP contribution in [0.4, 0.5) is 9.59 Å². The Hall–Kier alpha value is -6.48. The van der Waals surface area contributed by atoms with Crippen LogP contribution in [0.1, 0.15) is 74.9 Å². The monoisotopic (exact) mass is 828 g/mol. The molecular weight excluding hydrogens is 781 g/mol. The minimum absolute atomic E-state index is 0.107. The molecule has 2 aliphatic rings. The number of aromatic amines is 2. The smallest absolute Gasteiger partial charge is 0.407 e. The van der Waals surface area contributed by atoms with E-state index < -0.39 is 24.3 Å². The first-order valence-electron chi connectivity index (χ1n) is 20.2. The maximum atomic E-state index is 13.8. The lowest BCUT2D eigenvalue weighted by Crippen LogP contribution is -2.51. The molecule has 0 saturated carbocycles. The second kappa shape index (κ2) is 17.4. The minimum Gasteiger partial charge on any atom is -0.453 e. The van der Waals surface area contributed by atoms with Crippen LogP contribution < -0.4 is 10.6 Å². The van der Waals surface area contributed by atoms with E-state index in [1.165, 1.54) is 25.6 Å². The largest absolute Gasteiger partial charge is 0.453 e. The van der Waals surface area contributed by atoms with Crippen molar-refractivity contribution in [2.75, 3.05) is 27.3 Å². The molecule has 6 aromatic rings. The van der Waals surface area contributed by atoms with Gasteiger partial charge in [0.25, 0.3) is 5.91 Å². The predicted molar refractivity (Wildman–Crippen MR) is 229 cm³/mol. The zero-order valence-corrected chi connectivity index (χ0v) is 34.8. The normalized spacial score (nSPS) is 17.5. The second-order valence-electron chi connectivity index (χ2n) is 15.6. The Bertz CT molecular complexity index is 2500. The number of amides is 4. The van der Waals surface area contributed by atoms with Crippen molar-refractivity contribution in [1.29, 1.82) is 0 Å². The van der Waals surface area contributed by atoms with Crippen LogP contribution in [-0.2, 0) is 19.1 Å². The highest BCUT2D eigenvalue weighted by Gasteiger charge is 2.39. The molecule has 8 rings (SSSR count). The topological polar surface area (TPSA) is 175 Å². The molecule has 1 unspecified atom stereocenters. The summed E-state index contributed by atoms with van der Waals surface area (Å²) in [6, 6.07) is 20.9. The van der Waals surface area contributed by atoms with Crippen LogP contribution in [0.2, 0.25) is 0 Å². The summed E-state index contributed by atoms with van der Waals surface area (Å²) in [7, 11) is 2.58. The van der Waals surface area contributed by atoms with E-state index in [4.69, 9.17) is 19.4 Å². The molecule has 5 heterocycles. The molecule has 0 bridgehead atoms. The van der Waals surface area contributed by atoms with Gasteiger partial charge in [-0.05, 0) is 93.6 Å². The van der Waals surface area contributed by atoms with Crippen LogP contribution >= 0.6 is 11.3 Å². The number of nitrogens with one attached hydrogen (secondary N) is 4. The fraction of sp³-hybridized carbons (Fsp3) is 0.333. The van der Waals surface area contributed by atoms with Crippen molar-refractivity contribution in [3.8, 4) is 33.6 Å². The predicted octanol–water partition coefficient (Wildman–Crippen LogP) is 8.15. The van der Waals surface area contributed by atoms with Crippen LogP contribution in [0.3, 0.4) is 0 Å². The fourth-order valence-electron chi connectivity index (χ4n) is 8.32. The molecule has 4 N–H and O–H groups in total. The first-order chi connectivity index (χ1) is 29.1. The molecule has 310 valence electrons. The summed E-state index contributed by atoms with van der Waals surface area (Å²) in [5.41, 5.74) is 6.57.